The number of ether oxygens (including phenoxy) is 1. The van der Waals surface area contributed by atoms with Gasteiger partial charge in [-0.1, -0.05) is 13.8 Å². The molecule has 1 N–H and O–H groups in total. The average Bonchev–Trinajstić information content (AvgIpc) is 2.59. The van der Waals surface area contributed by atoms with Crippen molar-refractivity contribution >= 4 is 11.5 Å². The third-order valence-corrected chi connectivity index (χ3v) is 2.48. The molecule has 0 aliphatic rings. The molecule has 0 radical (unpaired) electrons. The average molecular weight is 242 g/mol. The first-order valence-corrected chi connectivity index (χ1v) is 5.39. The van der Waals surface area contributed by atoms with E-state index in [0.29, 0.717) is 6.61 Å². The van der Waals surface area contributed by atoms with Gasteiger partial charge in [0.1, 0.15) is 6.20 Å². The molecule has 1 rings (SSSR count). The van der Waals surface area contributed by atoms with E-state index in [9.17, 15) is 10.1 Å². The molecule has 7 nitrogen and oxygen atoms in total. The van der Waals surface area contributed by atoms with Crippen LogP contribution in [0.4, 0.5) is 11.5 Å². The van der Waals surface area contributed by atoms with E-state index in [4.69, 9.17) is 4.74 Å². The first-order valence-electron chi connectivity index (χ1n) is 5.39. The first kappa shape index (κ1) is 13.4. The highest BCUT2D eigenvalue weighted by Gasteiger charge is 2.22. The van der Waals surface area contributed by atoms with E-state index in [1.807, 2.05) is 13.8 Å². The van der Waals surface area contributed by atoms with Crippen molar-refractivity contribution in [1.29, 1.82) is 0 Å². The Morgan fingerprint density at radius 2 is 2.29 bits per heavy atom. The summed E-state index contributed by atoms with van der Waals surface area (Å²) in [6, 6.07) is -0.00593. The fraction of sp³-hybridized carbons (Fsp3) is 0.700. The standard InChI is InChI=1S/C10H18N4O3/c1-7(2)8(6-17-4)11-10-9(14(15)16)5-13(3)12-10/h5,7-8H,6H2,1-4H3,(H,11,12). The molecule has 1 atom stereocenters. The van der Waals surface area contributed by atoms with Crippen LogP contribution in [0.5, 0.6) is 0 Å². The smallest absolute Gasteiger partial charge is 0.330 e. The molecule has 0 fully saturated rings. The van der Waals surface area contributed by atoms with E-state index in [2.05, 4.69) is 10.4 Å². The lowest BCUT2D eigenvalue weighted by atomic mass is 10.1. The number of nitrogens with zero attached hydrogens (tertiary/aromatic N) is 3. The zero-order chi connectivity index (χ0) is 13.0. The molecule has 1 aromatic heterocycles. The van der Waals surface area contributed by atoms with Crippen LogP contribution in [0.15, 0.2) is 6.20 Å². The number of nitro groups is 1. The lowest BCUT2D eigenvalue weighted by Gasteiger charge is -2.20. The Labute approximate surface area is 99.9 Å². The van der Waals surface area contributed by atoms with Gasteiger partial charge in [-0.25, -0.2) is 0 Å². The van der Waals surface area contributed by atoms with Crippen molar-refractivity contribution in [3.8, 4) is 0 Å². The van der Waals surface area contributed by atoms with Crippen molar-refractivity contribution in [1.82, 2.24) is 9.78 Å². The maximum Gasteiger partial charge on any atom is 0.330 e. The van der Waals surface area contributed by atoms with Gasteiger partial charge >= 0.3 is 5.69 Å². The van der Waals surface area contributed by atoms with Gasteiger partial charge in [0.05, 0.1) is 17.6 Å². The van der Waals surface area contributed by atoms with Crippen LogP contribution in [0.1, 0.15) is 13.8 Å². The Kier molecular flexibility index (Phi) is 4.45. The zero-order valence-electron chi connectivity index (χ0n) is 10.5. The van der Waals surface area contributed by atoms with Crippen molar-refractivity contribution in [2.45, 2.75) is 19.9 Å². The maximum atomic E-state index is 10.8. The van der Waals surface area contributed by atoms with Crippen LogP contribution in [0, 0.1) is 16.0 Å². The van der Waals surface area contributed by atoms with Crippen LogP contribution in [0.2, 0.25) is 0 Å². The van der Waals surface area contributed by atoms with Crippen LogP contribution in [-0.4, -0.2) is 34.5 Å². The molecular formula is C10H18N4O3. The number of hydrogen-bond acceptors (Lipinski definition) is 5. The second kappa shape index (κ2) is 5.62. The summed E-state index contributed by atoms with van der Waals surface area (Å²) >= 11 is 0. The lowest BCUT2D eigenvalue weighted by molar-refractivity contribution is -0.384. The Morgan fingerprint density at radius 1 is 1.65 bits per heavy atom. The van der Waals surface area contributed by atoms with Gasteiger partial charge in [-0.15, -0.1) is 5.10 Å². The molecule has 1 heterocycles. The number of aromatic nitrogens is 2. The zero-order valence-corrected chi connectivity index (χ0v) is 10.5. The highest BCUT2D eigenvalue weighted by molar-refractivity contribution is 5.55. The highest BCUT2D eigenvalue weighted by atomic mass is 16.6. The SMILES string of the molecule is COCC(Nc1nn(C)cc1[N+](=O)[O-])C(C)C. The summed E-state index contributed by atoms with van der Waals surface area (Å²) in [5.41, 5.74) is -0.0192. The molecule has 0 spiro atoms. The molecule has 1 aromatic rings. The van der Waals surface area contributed by atoms with Crippen molar-refractivity contribution < 1.29 is 9.66 Å². The van der Waals surface area contributed by atoms with Gasteiger partial charge in [0, 0.05) is 14.2 Å². The number of nitrogens with one attached hydrogen (secondary N) is 1. The second-order valence-corrected chi connectivity index (χ2v) is 4.24. The Hall–Kier alpha value is -1.63. The molecular weight excluding hydrogens is 224 g/mol. The Morgan fingerprint density at radius 3 is 2.76 bits per heavy atom. The molecule has 0 bridgehead atoms. The summed E-state index contributed by atoms with van der Waals surface area (Å²) in [5.74, 6) is 0.574. The largest absolute Gasteiger partial charge is 0.383 e. The van der Waals surface area contributed by atoms with Crippen molar-refractivity contribution in [2.75, 3.05) is 19.0 Å². The number of methoxy groups -OCH3 is 1. The molecule has 0 saturated carbocycles. The summed E-state index contributed by atoms with van der Waals surface area (Å²) in [6.45, 7) is 4.52. The van der Waals surface area contributed by atoms with E-state index in [1.54, 1.807) is 14.2 Å². The van der Waals surface area contributed by atoms with Gasteiger partial charge in [0.15, 0.2) is 0 Å². The highest BCUT2D eigenvalue weighted by Crippen LogP contribution is 2.23. The predicted molar refractivity (Wildman–Crippen MR) is 64.0 cm³/mol. The number of anilines is 1. The molecule has 1 unspecified atom stereocenters. The van der Waals surface area contributed by atoms with E-state index in [1.165, 1.54) is 10.9 Å². The third-order valence-electron chi connectivity index (χ3n) is 2.48. The van der Waals surface area contributed by atoms with Crippen LogP contribution >= 0.6 is 0 Å². The van der Waals surface area contributed by atoms with Gasteiger partial charge in [0.2, 0.25) is 5.82 Å². The molecule has 96 valence electrons. The van der Waals surface area contributed by atoms with Crippen LogP contribution in [0.25, 0.3) is 0 Å². The number of aryl methyl sites for hydroxylation is 1. The summed E-state index contributed by atoms with van der Waals surface area (Å²) < 4.78 is 6.50. The minimum absolute atomic E-state index is 0.00593. The minimum Gasteiger partial charge on any atom is -0.383 e. The van der Waals surface area contributed by atoms with E-state index in [0.717, 1.165) is 0 Å². The fourth-order valence-electron chi connectivity index (χ4n) is 1.47. The summed E-state index contributed by atoms with van der Waals surface area (Å²) in [7, 11) is 3.25. The van der Waals surface area contributed by atoms with Crippen LogP contribution in [-0.2, 0) is 11.8 Å². The Bertz CT molecular complexity index is 389. The fourth-order valence-corrected chi connectivity index (χ4v) is 1.47. The third kappa shape index (κ3) is 3.42. The van der Waals surface area contributed by atoms with Gasteiger partial charge in [0.25, 0.3) is 0 Å². The van der Waals surface area contributed by atoms with E-state index in [-0.39, 0.29) is 23.5 Å². The molecule has 7 heteroatoms. The van der Waals surface area contributed by atoms with Gasteiger partial charge in [-0.3, -0.25) is 14.8 Å². The molecule has 0 saturated heterocycles. The number of hydrogen-bond donors (Lipinski definition) is 1. The minimum atomic E-state index is -0.445. The Balaban J connectivity index is 2.88. The molecule has 17 heavy (non-hydrogen) atoms. The monoisotopic (exact) mass is 242 g/mol. The van der Waals surface area contributed by atoms with E-state index >= 15 is 0 Å². The predicted octanol–water partition coefficient (Wildman–Crippen LogP) is 1.41. The van der Waals surface area contributed by atoms with Crippen molar-refractivity contribution in [3.63, 3.8) is 0 Å². The lowest BCUT2D eigenvalue weighted by Crippen LogP contribution is -2.30. The maximum absolute atomic E-state index is 10.8. The molecule has 0 aliphatic heterocycles. The summed E-state index contributed by atoms with van der Waals surface area (Å²) in [4.78, 5) is 10.4. The first-order chi connectivity index (χ1) is 7.95. The van der Waals surface area contributed by atoms with Crippen molar-refractivity contribution in [3.05, 3.63) is 16.3 Å². The summed E-state index contributed by atoms with van der Waals surface area (Å²) in [5, 5.41) is 17.9. The van der Waals surface area contributed by atoms with Crippen LogP contribution in [0.3, 0.4) is 0 Å². The topological polar surface area (TPSA) is 82.2 Å². The quantitative estimate of drug-likeness (QED) is 0.602. The van der Waals surface area contributed by atoms with Gasteiger partial charge in [-0.05, 0) is 5.92 Å². The normalized spacial score (nSPS) is 12.8. The van der Waals surface area contributed by atoms with Crippen LogP contribution < -0.4 is 5.32 Å². The van der Waals surface area contributed by atoms with Gasteiger partial charge < -0.3 is 10.1 Å². The van der Waals surface area contributed by atoms with E-state index < -0.39 is 4.92 Å². The molecule has 0 aromatic carbocycles. The van der Waals surface area contributed by atoms with Gasteiger partial charge in [-0.2, -0.15) is 0 Å². The molecule has 0 aliphatic carbocycles. The number of rotatable bonds is 6. The summed E-state index contributed by atoms with van der Waals surface area (Å²) in [6.07, 6.45) is 1.38. The molecule has 0 amide bonds. The second-order valence-electron chi connectivity index (χ2n) is 4.24. The van der Waals surface area contributed by atoms with Crippen molar-refractivity contribution in [2.24, 2.45) is 13.0 Å².